The molecule has 0 saturated carbocycles. The van der Waals surface area contributed by atoms with Crippen molar-refractivity contribution >= 4 is 0 Å². The lowest BCUT2D eigenvalue weighted by atomic mass is 10.1. The van der Waals surface area contributed by atoms with E-state index in [-0.39, 0.29) is 5.92 Å². The van der Waals surface area contributed by atoms with Gasteiger partial charge in [0.05, 0.1) is 0 Å². The van der Waals surface area contributed by atoms with Crippen LogP contribution in [0.4, 0.5) is 8.78 Å². The van der Waals surface area contributed by atoms with Crippen molar-refractivity contribution in [3.05, 3.63) is 0 Å². The molecule has 0 fully saturated rings. The van der Waals surface area contributed by atoms with E-state index in [1.54, 1.807) is 6.92 Å². The summed E-state index contributed by atoms with van der Waals surface area (Å²) >= 11 is 0. The van der Waals surface area contributed by atoms with Crippen LogP contribution in [-0.2, 0) is 14.3 Å². The number of rotatable bonds is 8. The summed E-state index contributed by atoms with van der Waals surface area (Å²) in [5, 5.41) is 0. The van der Waals surface area contributed by atoms with Gasteiger partial charge >= 0.3 is 0 Å². The monoisotopic (exact) mass is 227 g/mol. The van der Waals surface area contributed by atoms with Crippen molar-refractivity contribution in [1.29, 1.82) is 0 Å². The second kappa shape index (κ2) is 7.92. The number of hydrogen-bond acceptors (Lipinski definition) is 4. The molecule has 0 aromatic rings. The highest BCUT2D eigenvalue weighted by atomic mass is 19.3. The van der Waals surface area contributed by atoms with Crippen LogP contribution in [0.1, 0.15) is 27.2 Å². The van der Waals surface area contributed by atoms with E-state index in [1.165, 1.54) is 0 Å². The summed E-state index contributed by atoms with van der Waals surface area (Å²) in [6, 6.07) is 0. The zero-order chi connectivity index (χ0) is 11.8. The van der Waals surface area contributed by atoms with Gasteiger partial charge in [-0.2, -0.15) is 0 Å². The number of ether oxygens (including phenoxy) is 2. The highest BCUT2D eigenvalue weighted by Gasteiger charge is 2.28. The molecule has 0 radical (unpaired) electrons. The van der Waals surface area contributed by atoms with E-state index in [9.17, 15) is 8.78 Å². The highest BCUT2D eigenvalue weighted by Crippen LogP contribution is 2.17. The van der Waals surface area contributed by atoms with Crippen molar-refractivity contribution in [3.8, 4) is 0 Å². The van der Waals surface area contributed by atoms with Gasteiger partial charge in [0.25, 0.3) is 6.43 Å². The predicted molar refractivity (Wildman–Crippen MR) is 51.0 cm³/mol. The summed E-state index contributed by atoms with van der Waals surface area (Å²) in [7, 11) is 0. The Morgan fingerprint density at radius 1 is 1.20 bits per heavy atom. The van der Waals surface area contributed by atoms with Crippen LogP contribution >= 0.6 is 0 Å². The fraction of sp³-hybridized carbons (Fsp3) is 1.00. The molecule has 15 heavy (non-hydrogen) atoms. The normalized spacial score (nSPS) is 17.8. The molecule has 4 nitrogen and oxygen atoms in total. The lowest BCUT2D eigenvalue weighted by molar-refractivity contribution is -0.293. The van der Waals surface area contributed by atoms with Crippen LogP contribution < -0.4 is 5.90 Å². The highest BCUT2D eigenvalue weighted by molar-refractivity contribution is 4.57. The average molecular weight is 227 g/mol. The second-order valence-corrected chi connectivity index (χ2v) is 3.18. The molecule has 0 spiro atoms. The first-order valence-corrected chi connectivity index (χ1v) is 4.97. The van der Waals surface area contributed by atoms with Gasteiger partial charge in [0, 0.05) is 12.5 Å². The largest absolute Gasteiger partial charge is 0.353 e. The molecular formula is C9H19F2NO3. The lowest BCUT2D eigenvalue weighted by Crippen LogP contribution is -2.37. The lowest BCUT2D eigenvalue weighted by Gasteiger charge is -2.26. The summed E-state index contributed by atoms with van der Waals surface area (Å²) < 4.78 is 34.7. The van der Waals surface area contributed by atoms with Gasteiger partial charge in [-0.15, -0.1) is 0 Å². The zero-order valence-electron chi connectivity index (χ0n) is 9.28. The van der Waals surface area contributed by atoms with Crippen LogP contribution in [0.3, 0.4) is 0 Å². The van der Waals surface area contributed by atoms with Crippen molar-refractivity contribution in [2.75, 3.05) is 6.61 Å². The summed E-state index contributed by atoms with van der Waals surface area (Å²) in [4.78, 5) is 4.03. The van der Waals surface area contributed by atoms with Crippen LogP contribution in [0.25, 0.3) is 0 Å². The minimum atomic E-state index is -2.79. The van der Waals surface area contributed by atoms with E-state index >= 15 is 0 Å². The van der Waals surface area contributed by atoms with E-state index in [2.05, 4.69) is 4.84 Å². The van der Waals surface area contributed by atoms with Crippen molar-refractivity contribution in [2.24, 2.45) is 11.8 Å². The van der Waals surface area contributed by atoms with Crippen LogP contribution in [0.15, 0.2) is 0 Å². The third-order valence-corrected chi connectivity index (χ3v) is 2.05. The summed E-state index contributed by atoms with van der Waals surface area (Å²) in [6.45, 7) is 5.91. The molecule has 0 aliphatic rings. The average Bonchev–Trinajstić information content (AvgIpc) is 2.22. The molecule has 92 valence electrons. The second-order valence-electron chi connectivity index (χ2n) is 3.18. The van der Waals surface area contributed by atoms with E-state index in [4.69, 9.17) is 15.4 Å². The number of nitrogens with two attached hydrogens (primary N) is 1. The summed E-state index contributed by atoms with van der Waals surface area (Å²) in [5.41, 5.74) is 0. The molecule has 0 amide bonds. The molecular weight excluding hydrogens is 208 g/mol. The Kier molecular flexibility index (Phi) is 7.76. The summed E-state index contributed by atoms with van der Waals surface area (Å²) in [5.74, 6) is 4.70. The van der Waals surface area contributed by atoms with E-state index < -0.39 is 19.0 Å². The van der Waals surface area contributed by atoms with Crippen LogP contribution in [0, 0.1) is 5.92 Å². The van der Waals surface area contributed by atoms with Gasteiger partial charge in [-0.25, -0.2) is 14.7 Å². The number of halogens is 2. The van der Waals surface area contributed by atoms with Crippen molar-refractivity contribution in [1.82, 2.24) is 0 Å². The van der Waals surface area contributed by atoms with E-state index in [0.717, 1.165) is 6.42 Å². The molecule has 0 heterocycles. The first kappa shape index (κ1) is 14.7. The van der Waals surface area contributed by atoms with E-state index in [1.807, 2.05) is 13.8 Å². The molecule has 0 aromatic heterocycles. The van der Waals surface area contributed by atoms with E-state index in [0.29, 0.717) is 6.61 Å². The number of hydrogen-bond donors (Lipinski definition) is 1. The van der Waals surface area contributed by atoms with Gasteiger partial charge in [-0.3, -0.25) is 4.84 Å². The van der Waals surface area contributed by atoms with Crippen LogP contribution in [0.5, 0.6) is 0 Å². The Bertz CT molecular complexity index is 160. The fourth-order valence-electron chi connectivity index (χ4n) is 0.977. The first-order chi connectivity index (χ1) is 7.06. The Morgan fingerprint density at radius 3 is 2.13 bits per heavy atom. The molecule has 6 heteroatoms. The molecule has 3 unspecified atom stereocenters. The van der Waals surface area contributed by atoms with Gasteiger partial charge < -0.3 is 9.47 Å². The van der Waals surface area contributed by atoms with Crippen molar-refractivity contribution < 1.29 is 23.1 Å². The molecule has 0 aromatic carbocycles. The minimum absolute atomic E-state index is 0.00125. The Balaban J connectivity index is 4.24. The number of alkyl halides is 2. The third kappa shape index (κ3) is 5.36. The summed E-state index contributed by atoms with van der Waals surface area (Å²) in [6.07, 6.45) is -4.49. The van der Waals surface area contributed by atoms with Crippen LogP contribution in [-0.4, -0.2) is 25.6 Å². The zero-order valence-corrected chi connectivity index (χ0v) is 9.28. The maximum absolute atomic E-state index is 12.3. The predicted octanol–water partition coefficient (Wildman–Crippen LogP) is 1.89. The van der Waals surface area contributed by atoms with Gasteiger partial charge in [0.1, 0.15) is 0 Å². The molecule has 2 N–H and O–H groups in total. The maximum atomic E-state index is 12.3. The Morgan fingerprint density at radius 2 is 1.80 bits per heavy atom. The first-order valence-electron chi connectivity index (χ1n) is 4.97. The Hall–Kier alpha value is -0.300. The third-order valence-electron chi connectivity index (χ3n) is 2.05. The quantitative estimate of drug-likeness (QED) is 0.508. The van der Waals surface area contributed by atoms with Crippen molar-refractivity contribution in [3.63, 3.8) is 0 Å². The molecule has 0 rings (SSSR count). The fourth-order valence-corrected chi connectivity index (χ4v) is 0.977. The smallest absolute Gasteiger partial charge is 0.290 e. The van der Waals surface area contributed by atoms with Gasteiger partial charge in [-0.05, 0) is 13.3 Å². The van der Waals surface area contributed by atoms with Gasteiger partial charge in [-0.1, -0.05) is 13.8 Å². The molecule has 3 atom stereocenters. The topological polar surface area (TPSA) is 53.7 Å². The SMILES string of the molecule is CCOC(OC(ON)C(F)F)C(C)CC. The molecule has 0 bridgehead atoms. The van der Waals surface area contributed by atoms with Gasteiger partial charge in [0.2, 0.25) is 6.29 Å². The molecule has 0 aliphatic carbocycles. The minimum Gasteiger partial charge on any atom is -0.353 e. The standard InChI is InChI=1S/C9H19F2NO3/c1-4-6(3)8(13-5-2)14-9(15-12)7(10)11/h6-9H,4-5,12H2,1-3H3. The van der Waals surface area contributed by atoms with Gasteiger partial charge in [0.15, 0.2) is 6.29 Å². The molecule has 0 saturated heterocycles. The maximum Gasteiger partial charge on any atom is 0.290 e. The molecule has 0 aliphatic heterocycles. The van der Waals surface area contributed by atoms with Crippen molar-refractivity contribution in [2.45, 2.75) is 46.2 Å². The Labute approximate surface area is 88.6 Å². The van der Waals surface area contributed by atoms with Crippen LogP contribution in [0.2, 0.25) is 0 Å².